The third-order valence-corrected chi connectivity index (χ3v) is 9.59. The highest BCUT2D eigenvalue weighted by Crippen LogP contribution is 2.78. The molecule has 0 radical (unpaired) electrons. The summed E-state index contributed by atoms with van der Waals surface area (Å²) in [4.78, 5) is 0. The zero-order chi connectivity index (χ0) is 18.4. The van der Waals surface area contributed by atoms with Gasteiger partial charge in [-0.25, -0.2) is 0 Å². The lowest BCUT2D eigenvalue weighted by atomic mass is 9.47. The van der Waals surface area contributed by atoms with Crippen LogP contribution in [0.15, 0.2) is 41.1 Å². The maximum atomic E-state index is 9.24. The second-order valence-electron chi connectivity index (χ2n) is 10.1. The second-order valence-corrected chi connectivity index (χ2v) is 10.1. The van der Waals surface area contributed by atoms with Crippen LogP contribution < -0.4 is 0 Å². The summed E-state index contributed by atoms with van der Waals surface area (Å²) in [5.74, 6) is 4.63. The topological polar surface area (TPSA) is 41.8 Å². The highest BCUT2D eigenvalue weighted by Gasteiger charge is 2.77. The SMILES string of the molecule is C=C1CC2C(CC[C@@]3(CC)C2C2CC2[C@@]32C=CCO2)[C@H]2CC/C(=N\O)C=C12. The minimum atomic E-state index is 0.0444. The Labute approximate surface area is 162 Å². The van der Waals surface area contributed by atoms with Crippen molar-refractivity contribution in [2.45, 2.75) is 57.5 Å². The number of rotatable bonds is 1. The molecule has 1 heterocycles. The molecule has 0 bridgehead atoms. The van der Waals surface area contributed by atoms with Crippen LogP contribution in [-0.2, 0) is 4.74 Å². The number of ether oxygens (including phenoxy) is 1. The summed E-state index contributed by atoms with van der Waals surface area (Å²) in [5.41, 5.74) is 3.95. The molecule has 0 saturated heterocycles. The van der Waals surface area contributed by atoms with Crippen molar-refractivity contribution in [3.05, 3.63) is 36.0 Å². The Morgan fingerprint density at radius 1 is 1.30 bits per heavy atom. The van der Waals surface area contributed by atoms with Gasteiger partial charge in [0.25, 0.3) is 0 Å². The van der Waals surface area contributed by atoms with E-state index in [1.54, 1.807) is 0 Å². The van der Waals surface area contributed by atoms with Crippen molar-refractivity contribution in [3.8, 4) is 0 Å². The lowest BCUT2D eigenvalue weighted by molar-refractivity contribution is -0.140. The van der Waals surface area contributed by atoms with E-state index < -0.39 is 0 Å². The van der Waals surface area contributed by atoms with Crippen LogP contribution in [-0.4, -0.2) is 23.1 Å². The predicted molar refractivity (Wildman–Crippen MR) is 106 cm³/mol. The average molecular weight is 366 g/mol. The second kappa shape index (κ2) is 5.37. The Morgan fingerprint density at radius 3 is 2.93 bits per heavy atom. The average Bonchev–Trinajstić information content (AvgIpc) is 3.26. The molecule has 1 spiro atoms. The lowest BCUT2D eigenvalue weighted by Gasteiger charge is -2.58. The fraction of sp³-hybridized carbons (Fsp3) is 0.708. The fourth-order valence-electron chi connectivity index (χ4n) is 8.71. The molecule has 6 rings (SSSR count). The van der Waals surface area contributed by atoms with Gasteiger partial charge in [-0.05, 0) is 92.1 Å². The monoisotopic (exact) mass is 365 g/mol. The van der Waals surface area contributed by atoms with Gasteiger partial charge in [0.15, 0.2) is 0 Å². The smallest absolute Gasteiger partial charge is 0.0957 e. The van der Waals surface area contributed by atoms with Crippen LogP contribution in [0.2, 0.25) is 0 Å². The molecule has 8 atom stereocenters. The summed E-state index contributed by atoms with van der Waals surface area (Å²) in [5, 5.41) is 12.7. The molecule has 0 amide bonds. The quantitative estimate of drug-likeness (QED) is 0.398. The molecule has 27 heavy (non-hydrogen) atoms. The molecule has 1 N–H and O–H groups in total. The molecule has 0 aromatic heterocycles. The van der Waals surface area contributed by atoms with Crippen molar-refractivity contribution in [3.63, 3.8) is 0 Å². The van der Waals surface area contributed by atoms with E-state index in [-0.39, 0.29) is 5.60 Å². The Balaban J connectivity index is 1.41. The van der Waals surface area contributed by atoms with Crippen molar-refractivity contribution < 1.29 is 9.94 Å². The van der Waals surface area contributed by atoms with Crippen molar-refractivity contribution >= 4 is 5.71 Å². The fourth-order valence-corrected chi connectivity index (χ4v) is 8.71. The third-order valence-electron chi connectivity index (χ3n) is 9.59. The number of fused-ring (bicyclic) bond motifs is 9. The van der Waals surface area contributed by atoms with E-state index in [9.17, 15) is 5.21 Å². The summed E-state index contributed by atoms with van der Waals surface area (Å²) in [6.07, 6.45) is 15.4. The molecule has 5 unspecified atom stereocenters. The number of oxime groups is 1. The summed E-state index contributed by atoms with van der Waals surface area (Å²) >= 11 is 0. The number of hydrogen-bond acceptors (Lipinski definition) is 3. The van der Waals surface area contributed by atoms with E-state index in [1.807, 2.05) is 0 Å². The minimum absolute atomic E-state index is 0.0444. The zero-order valence-corrected chi connectivity index (χ0v) is 16.4. The highest BCUT2D eigenvalue weighted by atomic mass is 16.5. The summed E-state index contributed by atoms with van der Waals surface area (Å²) < 4.78 is 6.57. The van der Waals surface area contributed by atoms with Crippen LogP contribution in [0.1, 0.15) is 51.9 Å². The van der Waals surface area contributed by atoms with Gasteiger partial charge in [-0.2, -0.15) is 0 Å². The first kappa shape index (κ1) is 16.6. The van der Waals surface area contributed by atoms with E-state index in [1.165, 1.54) is 36.8 Å². The molecule has 3 nitrogen and oxygen atoms in total. The van der Waals surface area contributed by atoms with Gasteiger partial charge in [-0.1, -0.05) is 36.4 Å². The van der Waals surface area contributed by atoms with Crippen molar-refractivity contribution in [1.82, 2.24) is 0 Å². The van der Waals surface area contributed by atoms with Crippen LogP contribution in [0.5, 0.6) is 0 Å². The van der Waals surface area contributed by atoms with E-state index in [0.29, 0.717) is 11.3 Å². The molecular weight excluding hydrogens is 334 g/mol. The van der Waals surface area contributed by atoms with Crippen LogP contribution >= 0.6 is 0 Å². The Hall–Kier alpha value is -1.35. The van der Waals surface area contributed by atoms with Gasteiger partial charge in [-0.15, -0.1) is 0 Å². The van der Waals surface area contributed by atoms with E-state index in [4.69, 9.17) is 4.74 Å². The largest absolute Gasteiger partial charge is 0.411 e. The summed E-state index contributed by atoms with van der Waals surface area (Å²) in [6, 6.07) is 0. The van der Waals surface area contributed by atoms with Gasteiger partial charge >= 0.3 is 0 Å². The van der Waals surface area contributed by atoms with Gasteiger partial charge in [-0.3, -0.25) is 0 Å². The predicted octanol–water partition coefficient (Wildman–Crippen LogP) is 5.13. The van der Waals surface area contributed by atoms with Crippen LogP contribution in [0.4, 0.5) is 0 Å². The molecular formula is C24H31NO2. The number of hydrogen-bond donors (Lipinski definition) is 1. The molecule has 4 saturated carbocycles. The third kappa shape index (κ3) is 1.85. The summed E-state index contributed by atoms with van der Waals surface area (Å²) in [7, 11) is 0. The van der Waals surface area contributed by atoms with Gasteiger partial charge < -0.3 is 9.94 Å². The lowest BCUT2D eigenvalue weighted by Crippen LogP contribution is -2.56. The molecule has 0 aromatic carbocycles. The van der Waals surface area contributed by atoms with Crippen molar-refractivity contribution in [2.75, 3.05) is 6.61 Å². The molecule has 144 valence electrons. The first-order valence-corrected chi connectivity index (χ1v) is 11.1. The Kier molecular flexibility index (Phi) is 3.30. The van der Waals surface area contributed by atoms with Gasteiger partial charge in [0.1, 0.15) is 0 Å². The van der Waals surface area contributed by atoms with E-state index >= 15 is 0 Å². The number of nitrogens with zero attached hydrogens (tertiary/aromatic N) is 1. The zero-order valence-electron chi connectivity index (χ0n) is 16.4. The van der Waals surface area contributed by atoms with Crippen LogP contribution in [0.3, 0.4) is 0 Å². The van der Waals surface area contributed by atoms with Crippen molar-refractivity contribution in [2.24, 2.45) is 46.1 Å². The normalized spacial score (nSPS) is 53.7. The summed E-state index contributed by atoms with van der Waals surface area (Å²) in [6.45, 7) is 7.73. The first-order chi connectivity index (χ1) is 13.1. The van der Waals surface area contributed by atoms with Crippen LogP contribution in [0, 0.1) is 40.9 Å². The van der Waals surface area contributed by atoms with Gasteiger partial charge in [0, 0.05) is 5.41 Å². The molecule has 0 aromatic rings. The Bertz CT molecular complexity index is 794. The van der Waals surface area contributed by atoms with E-state index in [0.717, 1.165) is 61.2 Å². The molecule has 3 heteroatoms. The molecule has 5 aliphatic carbocycles. The number of allylic oxidation sites excluding steroid dienone is 3. The highest BCUT2D eigenvalue weighted by molar-refractivity contribution is 5.96. The first-order valence-electron chi connectivity index (χ1n) is 11.1. The van der Waals surface area contributed by atoms with E-state index in [2.05, 4.69) is 36.9 Å². The standard InChI is InChI=1S/C24H31NO2/c1-3-23-9-7-17-16-6-5-15(25-26)12-18(16)14(2)11-19(17)22(23)20-13-21(20)24(23)8-4-10-27-24/h4,8,12,16-17,19-22,26H,2-3,5-7,9-11,13H2,1H3/b25-15+/t16-,17?,19?,20?,21?,22?,23+,24+/m1/s1. The van der Waals surface area contributed by atoms with Gasteiger partial charge in [0.05, 0.1) is 17.9 Å². The molecule has 6 aliphatic rings. The maximum Gasteiger partial charge on any atom is 0.0957 e. The van der Waals surface area contributed by atoms with Gasteiger partial charge in [0.2, 0.25) is 0 Å². The van der Waals surface area contributed by atoms with Crippen LogP contribution in [0.25, 0.3) is 0 Å². The Morgan fingerprint density at radius 2 is 2.19 bits per heavy atom. The minimum Gasteiger partial charge on any atom is -0.411 e. The molecule has 1 aliphatic heterocycles. The maximum absolute atomic E-state index is 9.24. The molecule has 4 fully saturated rings. The van der Waals surface area contributed by atoms with Crippen molar-refractivity contribution in [1.29, 1.82) is 0 Å².